The maximum absolute atomic E-state index is 13.5. The SMILES string of the molecule is COc1cc(OC)c(C(C)C)cc1C(=O)c1cc(C(C)C)c(OC)cc1OC. The van der Waals surface area contributed by atoms with Gasteiger partial charge in [-0.05, 0) is 35.1 Å². The van der Waals surface area contributed by atoms with Crippen molar-refractivity contribution in [2.45, 2.75) is 39.5 Å². The maximum Gasteiger partial charge on any atom is 0.200 e. The Morgan fingerprint density at radius 2 is 0.929 bits per heavy atom. The molecule has 0 radical (unpaired) electrons. The highest BCUT2D eigenvalue weighted by Crippen LogP contribution is 2.38. The molecule has 28 heavy (non-hydrogen) atoms. The van der Waals surface area contributed by atoms with Crippen LogP contribution >= 0.6 is 0 Å². The van der Waals surface area contributed by atoms with Crippen molar-refractivity contribution >= 4 is 5.78 Å². The van der Waals surface area contributed by atoms with E-state index >= 15 is 0 Å². The van der Waals surface area contributed by atoms with Gasteiger partial charge in [0, 0.05) is 12.1 Å². The molecule has 2 aromatic rings. The van der Waals surface area contributed by atoms with E-state index < -0.39 is 0 Å². The van der Waals surface area contributed by atoms with Gasteiger partial charge in [0.2, 0.25) is 5.78 Å². The van der Waals surface area contributed by atoms with Gasteiger partial charge in [-0.15, -0.1) is 0 Å². The number of ether oxygens (including phenoxy) is 4. The first-order valence-electron chi connectivity index (χ1n) is 9.35. The molecule has 0 bridgehead atoms. The summed E-state index contributed by atoms with van der Waals surface area (Å²) >= 11 is 0. The Morgan fingerprint density at radius 1 is 0.607 bits per heavy atom. The van der Waals surface area contributed by atoms with Gasteiger partial charge in [-0.25, -0.2) is 0 Å². The molecule has 0 atom stereocenters. The number of methoxy groups -OCH3 is 4. The van der Waals surface area contributed by atoms with Gasteiger partial charge in [-0.3, -0.25) is 4.79 Å². The average molecular weight is 386 g/mol. The Kier molecular flexibility index (Phi) is 6.95. The Balaban J connectivity index is 2.71. The van der Waals surface area contributed by atoms with Gasteiger partial charge >= 0.3 is 0 Å². The fourth-order valence-electron chi connectivity index (χ4n) is 3.25. The molecule has 0 heterocycles. The number of benzene rings is 2. The standard InChI is InChI=1S/C23H30O5/c1-13(2)15-9-17(21(27-7)11-19(15)25-5)23(24)18-10-16(14(3)4)20(26-6)12-22(18)28-8/h9-14H,1-8H3. The summed E-state index contributed by atoms with van der Waals surface area (Å²) in [4.78, 5) is 13.5. The Hall–Kier alpha value is -2.69. The van der Waals surface area contributed by atoms with Crippen LogP contribution in [0.5, 0.6) is 23.0 Å². The number of hydrogen-bond donors (Lipinski definition) is 0. The molecule has 0 aromatic heterocycles. The number of ketones is 1. The Morgan fingerprint density at radius 3 is 1.18 bits per heavy atom. The predicted octanol–water partition coefficient (Wildman–Crippen LogP) is 5.20. The van der Waals surface area contributed by atoms with Crippen molar-refractivity contribution < 1.29 is 23.7 Å². The largest absolute Gasteiger partial charge is 0.496 e. The van der Waals surface area contributed by atoms with Crippen molar-refractivity contribution in [1.82, 2.24) is 0 Å². The lowest BCUT2D eigenvalue weighted by atomic mass is 9.92. The van der Waals surface area contributed by atoms with Crippen molar-refractivity contribution in [3.05, 3.63) is 46.5 Å². The third-order valence-corrected chi connectivity index (χ3v) is 4.84. The van der Waals surface area contributed by atoms with Crippen LogP contribution in [0, 0.1) is 0 Å². The van der Waals surface area contributed by atoms with E-state index in [0.717, 1.165) is 11.1 Å². The number of rotatable bonds is 8. The van der Waals surface area contributed by atoms with Crippen LogP contribution in [-0.4, -0.2) is 34.2 Å². The predicted molar refractivity (Wildman–Crippen MR) is 111 cm³/mol. The highest BCUT2D eigenvalue weighted by Gasteiger charge is 2.24. The molecule has 152 valence electrons. The van der Waals surface area contributed by atoms with Crippen LogP contribution in [0.3, 0.4) is 0 Å². The molecule has 0 aliphatic heterocycles. The van der Waals surface area contributed by atoms with Gasteiger partial charge in [0.15, 0.2) is 0 Å². The van der Waals surface area contributed by atoms with E-state index in [1.165, 1.54) is 0 Å². The molecule has 0 amide bonds. The Labute approximate surface area is 167 Å². The van der Waals surface area contributed by atoms with Crippen LogP contribution in [0.15, 0.2) is 24.3 Å². The third-order valence-electron chi connectivity index (χ3n) is 4.84. The molecule has 0 unspecified atom stereocenters. The monoisotopic (exact) mass is 386 g/mol. The van der Waals surface area contributed by atoms with Gasteiger partial charge in [-0.2, -0.15) is 0 Å². The summed E-state index contributed by atoms with van der Waals surface area (Å²) in [5, 5.41) is 0. The van der Waals surface area contributed by atoms with E-state index in [0.29, 0.717) is 34.1 Å². The van der Waals surface area contributed by atoms with Crippen LogP contribution in [-0.2, 0) is 0 Å². The minimum absolute atomic E-state index is 0.164. The molecule has 0 saturated heterocycles. The molecule has 5 nitrogen and oxygen atoms in total. The summed E-state index contributed by atoms with van der Waals surface area (Å²) in [7, 11) is 6.32. The normalized spacial score (nSPS) is 10.9. The fourth-order valence-corrected chi connectivity index (χ4v) is 3.25. The van der Waals surface area contributed by atoms with Crippen LogP contribution < -0.4 is 18.9 Å². The summed E-state index contributed by atoms with van der Waals surface area (Å²) in [5.74, 6) is 2.56. The molecule has 0 fully saturated rings. The zero-order valence-corrected chi connectivity index (χ0v) is 18.0. The third kappa shape index (κ3) is 4.08. The molecule has 0 spiro atoms. The average Bonchev–Trinajstić information content (AvgIpc) is 2.70. The van der Waals surface area contributed by atoms with E-state index in [1.807, 2.05) is 12.1 Å². The quantitative estimate of drug-likeness (QED) is 0.584. The molecule has 2 aromatic carbocycles. The Bertz CT molecular complexity index is 783. The maximum atomic E-state index is 13.5. The van der Waals surface area contributed by atoms with Crippen molar-refractivity contribution in [2.24, 2.45) is 0 Å². The van der Waals surface area contributed by atoms with Crippen LogP contribution in [0.4, 0.5) is 0 Å². The van der Waals surface area contributed by atoms with Crippen molar-refractivity contribution in [1.29, 1.82) is 0 Å². The molecule has 5 heteroatoms. The lowest BCUT2D eigenvalue weighted by Gasteiger charge is -2.19. The first-order valence-corrected chi connectivity index (χ1v) is 9.35. The fraction of sp³-hybridized carbons (Fsp3) is 0.435. The minimum Gasteiger partial charge on any atom is -0.496 e. The summed E-state index contributed by atoms with van der Waals surface area (Å²) in [5.41, 5.74) is 2.85. The van der Waals surface area contributed by atoms with E-state index in [4.69, 9.17) is 18.9 Å². The lowest BCUT2D eigenvalue weighted by molar-refractivity contribution is 0.103. The second kappa shape index (κ2) is 9.00. The number of hydrogen-bond acceptors (Lipinski definition) is 5. The van der Waals surface area contributed by atoms with E-state index in [2.05, 4.69) is 27.7 Å². The van der Waals surface area contributed by atoms with Crippen molar-refractivity contribution in [3.63, 3.8) is 0 Å². The topological polar surface area (TPSA) is 54.0 Å². The van der Waals surface area contributed by atoms with Gasteiger partial charge in [0.25, 0.3) is 0 Å². The van der Waals surface area contributed by atoms with Gasteiger partial charge in [0.05, 0.1) is 39.6 Å². The first-order chi connectivity index (χ1) is 13.3. The van der Waals surface area contributed by atoms with Crippen molar-refractivity contribution in [2.75, 3.05) is 28.4 Å². The second-order valence-electron chi connectivity index (χ2n) is 7.23. The van der Waals surface area contributed by atoms with E-state index in [9.17, 15) is 4.79 Å². The molecule has 0 saturated carbocycles. The minimum atomic E-state index is -0.164. The molecular weight excluding hydrogens is 356 g/mol. The summed E-state index contributed by atoms with van der Waals surface area (Å²) in [6.45, 7) is 8.24. The van der Waals surface area contributed by atoms with Crippen LogP contribution in [0.2, 0.25) is 0 Å². The zero-order valence-electron chi connectivity index (χ0n) is 18.0. The van der Waals surface area contributed by atoms with E-state index in [1.54, 1.807) is 40.6 Å². The molecule has 0 aliphatic rings. The molecule has 2 rings (SSSR count). The smallest absolute Gasteiger partial charge is 0.200 e. The summed E-state index contributed by atoms with van der Waals surface area (Å²) in [6, 6.07) is 7.23. The van der Waals surface area contributed by atoms with E-state index in [-0.39, 0.29) is 17.6 Å². The number of carbonyl (C=O) groups excluding carboxylic acids is 1. The summed E-state index contributed by atoms with van der Waals surface area (Å²) < 4.78 is 22.0. The molecule has 0 N–H and O–H groups in total. The van der Waals surface area contributed by atoms with Crippen LogP contribution in [0.25, 0.3) is 0 Å². The van der Waals surface area contributed by atoms with Gasteiger partial charge < -0.3 is 18.9 Å². The van der Waals surface area contributed by atoms with Crippen LogP contribution in [0.1, 0.15) is 66.6 Å². The summed E-state index contributed by atoms with van der Waals surface area (Å²) in [6.07, 6.45) is 0. The van der Waals surface area contributed by atoms with Crippen molar-refractivity contribution in [3.8, 4) is 23.0 Å². The zero-order chi connectivity index (χ0) is 21.0. The molecule has 0 aliphatic carbocycles. The number of carbonyl (C=O) groups is 1. The highest BCUT2D eigenvalue weighted by atomic mass is 16.5. The second-order valence-corrected chi connectivity index (χ2v) is 7.23. The highest BCUT2D eigenvalue weighted by molar-refractivity contribution is 6.13. The van der Waals surface area contributed by atoms with Gasteiger partial charge in [-0.1, -0.05) is 27.7 Å². The molecular formula is C23H30O5. The first kappa shape index (κ1) is 21.6. The van der Waals surface area contributed by atoms with Gasteiger partial charge in [0.1, 0.15) is 23.0 Å². The lowest BCUT2D eigenvalue weighted by Crippen LogP contribution is -2.10.